The van der Waals surface area contributed by atoms with E-state index in [2.05, 4.69) is 43.4 Å². The zero-order valence-corrected chi connectivity index (χ0v) is 17.6. The van der Waals surface area contributed by atoms with Gasteiger partial charge in [-0.2, -0.15) is 0 Å². The number of amides is 1. The molecule has 0 fully saturated rings. The quantitative estimate of drug-likeness (QED) is 0.329. The lowest BCUT2D eigenvalue weighted by molar-refractivity contribution is -0.116. The Morgan fingerprint density at radius 3 is 2.68 bits per heavy atom. The zero-order chi connectivity index (χ0) is 17.2. The van der Waals surface area contributed by atoms with E-state index in [1.54, 1.807) is 24.5 Å². The monoisotopic (exact) mass is 473 g/mol. The molecule has 0 bridgehead atoms. The first-order chi connectivity index (χ1) is 11.7. The third-order valence-electron chi connectivity index (χ3n) is 3.27. The average Bonchev–Trinajstić information content (AvgIpc) is 3.06. The molecule has 2 aromatic heterocycles. The molecule has 3 N–H and O–H groups in total. The molecule has 6 nitrogen and oxygen atoms in total. The number of halogens is 1. The van der Waals surface area contributed by atoms with Gasteiger partial charge in [-0.15, -0.1) is 35.3 Å². The standard InChI is InChI=1S/C17H23N5OS.HI/c1-13-5-3-7-15(21-13)22-16(23)9-11-20-17(18-2)19-10-8-14-6-4-12-24-14;/h3-7,12H,8-11H2,1-2H3,(H2,18,19,20)(H,21,22,23);1H. The summed E-state index contributed by atoms with van der Waals surface area (Å²) in [5, 5.41) is 11.2. The van der Waals surface area contributed by atoms with E-state index < -0.39 is 0 Å². The summed E-state index contributed by atoms with van der Waals surface area (Å²) in [6.07, 6.45) is 1.30. The number of aryl methyl sites for hydroxylation is 1. The highest BCUT2D eigenvalue weighted by Crippen LogP contribution is 2.08. The number of carbonyl (C=O) groups is 1. The Bertz CT molecular complexity index is 675. The van der Waals surface area contributed by atoms with Crippen LogP contribution in [0, 0.1) is 6.92 Å². The van der Waals surface area contributed by atoms with Crippen molar-refractivity contribution in [3.8, 4) is 0 Å². The Kier molecular flexibility index (Phi) is 10.1. The summed E-state index contributed by atoms with van der Waals surface area (Å²) in [7, 11) is 1.72. The van der Waals surface area contributed by atoms with Gasteiger partial charge in [0.25, 0.3) is 0 Å². The summed E-state index contributed by atoms with van der Waals surface area (Å²) in [5.74, 6) is 1.21. The van der Waals surface area contributed by atoms with Gasteiger partial charge in [-0.3, -0.25) is 9.79 Å². The van der Waals surface area contributed by atoms with E-state index >= 15 is 0 Å². The normalized spacial score (nSPS) is 10.7. The van der Waals surface area contributed by atoms with Crippen molar-refractivity contribution in [1.82, 2.24) is 15.6 Å². The molecule has 0 atom stereocenters. The predicted molar refractivity (Wildman–Crippen MR) is 115 cm³/mol. The summed E-state index contributed by atoms with van der Waals surface area (Å²) >= 11 is 1.75. The van der Waals surface area contributed by atoms with Crippen molar-refractivity contribution in [1.29, 1.82) is 0 Å². The van der Waals surface area contributed by atoms with Crippen LogP contribution in [0.1, 0.15) is 17.0 Å². The molecule has 2 rings (SSSR count). The lowest BCUT2D eigenvalue weighted by Gasteiger charge is -2.11. The lowest BCUT2D eigenvalue weighted by atomic mass is 10.3. The first-order valence-corrected chi connectivity index (χ1v) is 8.76. The third-order valence-corrected chi connectivity index (χ3v) is 4.20. The third kappa shape index (κ3) is 8.30. The molecule has 0 radical (unpaired) electrons. The Balaban J connectivity index is 0.00000312. The van der Waals surface area contributed by atoms with E-state index in [4.69, 9.17) is 0 Å². The molecule has 0 aliphatic rings. The van der Waals surface area contributed by atoms with Crippen molar-refractivity contribution in [2.75, 3.05) is 25.5 Å². The largest absolute Gasteiger partial charge is 0.356 e. The van der Waals surface area contributed by atoms with Crippen LogP contribution < -0.4 is 16.0 Å². The summed E-state index contributed by atoms with van der Waals surface area (Å²) in [5.41, 5.74) is 0.876. The number of hydrogen-bond donors (Lipinski definition) is 3. The smallest absolute Gasteiger partial charge is 0.227 e. The number of pyridine rings is 1. The molecule has 2 aromatic rings. The number of nitrogens with one attached hydrogen (secondary N) is 3. The van der Waals surface area contributed by atoms with E-state index in [0.717, 1.165) is 18.7 Å². The Hall–Kier alpha value is -1.68. The zero-order valence-electron chi connectivity index (χ0n) is 14.4. The van der Waals surface area contributed by atoms with Gasteiger partial charge in [0.1, 0.15) is 5.82 Å². The first-order valence-electron chi connectivity index (χ1n) is 7.88. The van der Waals surface area contributed by atoms with Crippen LogP contribution in [-0.2, 0) is 11.2 Å². The fourth-order valence-electron chi connectivity index (χ4n) is 2.09. The molecule has 1 amide bonds. The van der Waals surface area contributed by atoms with E-state index in [-0.39, 0.29) is 29.9 Å². The summed E-state index contributed by atoms with van der Waals surface area (Å²) in [6, 6.07) is 9.71. The maximum Gasteiger partial charge on any atom is 0.227 e. The van der Waals surface area contributed by atoms with Crippen molar-refractivity contribution in [3.05, 3.63) is 46.3 Å². The molecule has 0 spiro atoms. The van der Waals surface area contributed by atoms with E-state index in [9.17, 15) is 4.79 Å². The lowest BCUT2D eigenvalue weighted by Crippen LogP contribution is -2.39. The molecule has 0 aliphatic heterocycles. The molecule has 8 heteroatoms. The van der Waals surface area contributed by atoms with Crippen molar-refractivity contribution in [2.24, 2.45) is 4.99 Å². The number of anilines is 1. The second kappa shape index (κ2) is 11.8. The minimum absolute atomic E-state index is 0. The molecule has 0 aromatic carbocycles. The van der Waals surface area contributed by atoms with Crippen LogP contribution in [0.25, 0.3) is 0 Å². The van der Waals surface area contributed by atoms with E-state index in [1.165, 1.54) is 4.88 Å². The van der Waals surface area contributed by atoms with Crippen LogP contribution in [0.15, 0.2) is 40.7 Å². The molecule has 25 heavy (non-hydrogen) atoms. The van der Waals surface area contributed by atoms with Gasteiger partial charge in [0.15, 0.2) is 5.96 Å². The SMILES string of the molecule is CN=C(NCCC(=O)Nc1cccc(C)n1)NCCc1cccs1.I. The van der Waals surface area contributed by atoms with E-state index in [1.807, 2.05) is 19.1 Å². The van der Waals surface area contributed by atoms with Crippen molar-refractivity contribution in [2.45, 2.75) is 19.8 Å². The van der Waals surface area contributed by atoms with Gasteiger partial charge in [0, 0.05) is 37.1 Å². The second-order valence-corrected chi connectivity index (χ2v) is 6.25. The highest BCUT2D eigenvalue weighted by molar-refractivity contribution is 14.0. The highest BCUT2D eigenvalue weighted by atomic mass is 127. The topological polar surface area (TPSA) is 78.4 Å². The maximum atomic E-state index is 11.9. The van der Waals surface area contributed by atoms with Crippen molar-refractivity contribution >= 4 is 53.0 Å². The molecular formula is C17H24IN5OS. The fourth-order valence-corrected chi connectivity index (χ4v) is 2.80. The van der Waals surface area contributed by atoms with Gasteiger partial charge in [-0.05, 0) is 36.9 Å². The number of nitrogens with zero attached hydrogens (tertiary/aromatic N) is 2. The predicted octanol–water partition coefficient (Wildman–Crippen LogP) is 2.81. The Morgan fingerprint density at radius 2 is 2.00 bits per heavy atom. The Labute approximate surface area is 169 Å². The molecule has 0 unspecified atom stereocenters. The van der Waals surface area contributed by atoms with Crippen LogP contribution in [0.3, 0.4) is 0 Å². The number of thiophene rings is 1. The van der Waals surface area contributed by atoms with Crippen LogP contribution >= 0.6 is 35.3 Å². The number of aromatic nitrogens is 1. The van der Waals surface area contributed by atoms with Crippen LogP contribution in [0.4, 0.5) is 5.82 Å². The van der Waals surface area contributed by atoms with Crippen LogP contribution in [0.5, 0.6) is 0 Å². The number of aliphatic imine (C=N–C) groups is 1. The summed E-state index contributed by atoms with van der Waals surface area (Å²) < 4.78 is 0. The number of carbonyl (C=O) groups excluding carboxylic acids is 1. The summed E-state index contributed by atoms with van der Waals surface area (Å²) in [6.45, 7) is 3.21. The van der Waals surface area contributed by atoms with Gasteiger partial charge >= 0.3 is 0 Å². The van der Waals surface area contributed by atoms with Crippen LogP contribution in [0.2, 0.25) is 0 Å². The van der Waals surface area contributed by atoms with Gasteiger partial charge in [0.2, 0.25) is 5.91 Å². The van der Waals surface area contributed by atoms with Gasteiger partial charge in [0.05, 0.1) is 0 Å². The van der Waals surface area contributed by atoms with Gasteiger partial charge in [-0.1, -0.05) is 12.1 Å². The van der Waals surface area contributed by atoms with Gasteiger partial charge < -0.3 is 16.0 Å². The second-order valence-electron chi connectivity index (χ2n) is 5.22. The average molecular weight is 473 g/mol. The minimum atomic E-state index is -0.0744. The van der Waals surface area contributed by atoms with Crippen molar-refractivity contribution < 1.29 is 4.79 Å². The fraction of sp³-hybridized carbons (Fsp3) is 0.353. The molecule has 0 saturated carbocycles. The highest BCUT2D eigenvalue weighted by Gasteiger charge is 2.04. The molecule has 2 heterocycles. The van der Waals surface area contributed by atoms with Gasteiger partial charge in [-0.25, -0.2) is 4.98 Å². The van der Waals surface area contributed by atoms with Crippen molar-refractivity contribution in [3.63, 3.8) is 0 Å². The number of rotatable bonds is 7. The summed E-state index contributed by atoms with van der Waals surface area (Å²) in [4.78, 5) is 21.7. The molecule has 0 aliphatic carbocycles. The first kappa shape index (κ1) is 21.4. The molecule has 0 saturated heterocycles. The van der Waals surface area contributed by atoms with Crippen LogP contribution in [-0.4, -0.2) is 37.0 Å². The molecule has 136 valence electrons. The number of hydrogen-bond acceptors (Lipinski definition) is 4. The molecular weight excluding hydrogens is 449 g/mol. The maximum absolute atomic E-state index is 11.9. The van der Waals surface area contributed by atoms with E-state index in [0.29, 0.717) is 24.7 Å². The minimum Gasteiger partial charge on any atom is -0.356 e. The Morgan fingerprint density at radius 1 is 1.20 bits per heavy atom. The number of guanidine groups is 1.